The van der Waals surface area contributed by atoms with Crippen LogP contribution in [0.4, 0.5) is 0 Å². The van der Waals surface area contributed by atoms with Crippen LogP contribution in [0.25, 0.3) is 11.1 Å². The number of carbonyl (C=O) groups excluding carboxylic acids is 1. The van der Waals surface area contributed by atoms with Crippen LogP contribution in [0.3, 0.4) is 0 Å². The molecule has 1 aliphatic heterocycles. The topological polar surface area (TPSA) is 87.6 Å². The van der Waals surface area contributed by atoms with Gasteiger partial charge in [-0.3, -0.25) is 4.79 Å². The van der Waals surface area contributed by atoms with Gasteiger partial charge < -0.3 is 20.9 Å². The molecule has 3 rings (SSSR count). The number of fused-ring (bicyclic) bond motifs is 1. The van der Waals surface area contributed by atoms with Gasteiger partial charge in [0, 0.05) is 24.1 Å². The van der Waals surface area contributed by atoms with Gasteiger partial charge in [0.25, 0.3) is 5.91 Å². The maximum atomic E-state index is 11.0. The maximum absolute atomic E-state index is 11.0. The van der Waals surface area contributed by atoms with E-state index in [2.05, 4.69) is 0 Å². The molecule has 0 aliphatic carbocycles. The van der Waals surface area contributed by atoms with Crippen LogP contribution in [0.5, 0.6) is 11.5 Å². The van der Waals surface area contributed by atoms with Crippen LogP contribution < -0.4 is 20.9 Å². The highest BCUT2D eigenvalue weighted by Gasteiger charge is 2.25. The summed E-state index contributed by atoms with van der Waals surface area (Å²) in [7, 11) is 0. The lowest BCUT2D eigenvalue weighted by atomic mass is 9.98. The predicted octanol–water partition coefficient (Wildman–Crippen LogP) is 1.79. The van der Waals surface area contributed by atoms with Gasteiger partial charge in [-0.25, -0.2) is 0 Å². The molecule has 1 heterocycles. The maximum Gasteiger partial charge on any atom is 0.255 e. The summed E-state index contributed by atoms with van der Waals surface area (Å²) in [6, 6.07) is 11.8. The van der Waals surface area contributed by atoms with Gasteiger partial charge in [-0.15, -0.1) is 0 Å². The highest BCUT2D eigenvalue weighted by Crippen LogP contribution is 2.42. The van der Waals surface area contributed by atoms with E-state index >= 15 is 0 Å². The number of rotatable bonds is 5. The third-order valence-corrected chi connectivity index (χ3v) is 3.89. The molecule has 0 spiro atoms. The zero-order chi connectivity index (χ0) is 16.4. The normalized spacial score (nSPS) is 15.8. The van der Waals surface area contributed by atoms with Crippen molar-refractivity contribution in [3.05, 3.63) is 47.5 Å². The second-order valence-corrected chi connectivity index (χ2v) is 5.73. The second-order valence-electron chi connectivity index (χ2n) is 5.73. The van der Waals surface area contributed by atoms with E-state index in [1.807, 2.05) is 43.3 Å². The van der Waals surface area contributed by atoms with Crippen LogP contribution in [0.2, 0.25) is 0 Å². The number of nitrogens with two attached hydrogens (primary N) is 2. The number of primary amides is 1. The molecule has 5 nitrogen and oxygen atoms in total. The first kappa shape index (κ1) is 15.4. The minimum absolute atomic E-state index is 0.00551. The molecular weight excluding hydrogens is 292 g/mol. The molecule has 2 aromatic rings. The Hall–Kier alpha value is -2.53. The summed E-state index contributed by atoms with van der Waals surface area (Å²) in [5.41, 5.74) is 15.0. The molecule has 120 valence electrons. The Balaban J connectivity index is 2.04. The van der Waals surface area contributed by atoms with Crippen molar-refractivity contribution in [3.8, 4) is 22.6 Å². The average molecular weight is 312 g/mol. The predicted molar refractivity (Wildman–Crippen MR) is 88.5 cm³/mol. The van der Waals surface area contributed by atoms with Crippen LogP contribution in [-0.2, 0) is 11.2 Å². The van der Waals surface area contributed by atoms with E-state index in [1.54, 1.807) is 0 Å². The van der Waals surface area contributed by atoms with E-state index in [1.165, 1.54) is 0 Å². The number of hydrogen-bond acceptors (Lipinski definition) is 4. The smallest absolute Gasteiger partial charge is 0.255 e. The largest absolute Gasteiger partial charge is 0.488 e. The Morgan fingerprint density at radius 2 is 2.13 bits per heavy atom. The third kappa shape index (κ3) is 3.14. The lowest BCUT2D eigenvalue weighted by Gasteiger charge is -2.15. The molecule has 0 aromatic heterocycles. The summed E-state index contributed by atoms with van der Waals surface area (Å²) < 4.78 is 11.6. The van der Waals surface area contributed by atoms with Crippen molar-refractivity contribution < 1.29 is 14.3 Å². The summed E-state index contributed by atoms with van der Waals surface area (Å²) in [5.74, 6) is 0.953. The zero-order valence-corrected chi connectivity index (χ0v) is 13.0. The Morgan fingerprint density at radius 1 is 1.30 bits per heavy atom. The number of carbonyl (C=O) groups is 1. The number of aryl methyl sites for hydroxylation is 1. The molecule has 4 N–H and O–H groups in total. The van der Waals surface area contributed by atoms with Gasteiger partial charge in [0.2, 0.25) is 0 Å². The van der Waals surface area contributed by atoms with Gasteiger partial charge in [0.05, 0.1) is 0 Å². The van der Waals surface area contributed by atoms with Crippen LogP contribution >= 0.6 is 0 Å². The molecule has 1 atom stereocenters. The molecule has 0 saturated heterocycles. The van der Waals surface area contributed by atoms with Crippen LogP contribution in [0.15, 0.2) is 36.4 Å². The van der Waals surface area contributed by atoms with E-state index in [4.69, 9.17) is 20.9 Å². The van der Waals surface area contributed by atoms with Crippen molar-refractivity contribution in [2.45, 2.75) is 19.4 Å². The molecular formula is C18H20N2O3. The van der Waals surface area contributed by atoms with Crippen molar-refractivity contribution in [3.63, 3.8) is 0 Å². The van der Waals surface area contributed by atoms with Crippen molar-refractivity contribution in [2.24, 2.45) is 11.5 Å². The van der Waals surface area contributed by atoms with Crippen LogP contribution in [0.1, 0.15) is 11.1 Å². The summed E-state index contributed by atoms with van der Waals surface area (Å²) >= 11 is 0. The number of amides is 1. The molecule has 0 fully saturated rings. The van der Waals surface area contributed by atoms with E-state index in [-0.39, 0.29) is 12.7 Å². The SMILES string of the molecule is Cc1ccc(OCC(N)=O)c(-c2cccc3c2O[C@H](CN)C3)c1. The number of benzene rings is 2. The standard InChI is InChI=1S/C18H20N2O3/c1-11-5-6-16(22-10-17(20)21)15(7-11)14-4-2-3-12-8-13(9-19)23-18(12)14/h2-7,13H,8-10,19H2,1H3,(H2,20,21)/t13-/m0/s1. The van der Waals surface area contributed by atoms with Crippen molar-refractivity contribution in [2.75, 3.05) is 13.2 Å². The summed E-state index contributed by atoms with van der Waals surface area (Å²) in [6.07, 6.45) is 0.814. The Bertz CT molecular complexity index is 743. The number of hydrogen-bond donors (Lipinski definition) is 2. The number of para-hydroxylation sites is 1. The van der Waals surface area contributed by atoms with Crippen molar-refractivity contribution in [1.82, 2.24) is 0 Å². The highest BCUT2D eigenvalue weighted by molar-refractivity contribution is 5.79. The summed E-state index contributed by atoms with van der Waals surface area (Å²) in [6.45, 7) is 2.33. The quantitative estimate of drug-likeness (QED) is 0.881. The van der Waals surface area contributed by atoms with Gasteiger partial charge >= 0.3 is 0 Å². The molecule has 1 aliphatic rings. The first-order valence-electron chi connectivity index (χ1n) is 7.59. The van der Waals surface area contributed by atoms with E-state index < -0.39 is 5.91 Å². The van der Waals surface area contributed by atoms with Gasteiger partial charge in [0.15, 0.2) is 6.61 Å². The molecule has 0 saturated carbocycles. The molecule has 1 amide bonds. The van der Waals surface area contributed by atoms with E-state index in [9.17, 15) is 4.79 Å². The fourth-order valence-electron chi connectivity index (χ4n) is 2.81. The minimum Gasteiger partial charge on any atom is -0.488 e. The average Bonchev–Trinajstić information content (AvgIpc) is 2.96. The molecule has 5 heteroatoms. The zero-order valence-electron chi connectivity index (χ0n) is 13.0. The van der Waals surface area contributed by atoms with E-state index in [0.717, 1.165) is 34.4 Å². The highest BCUT2D eigenvalue weighted by atomic mass is 16.5. The molecule has 0 unspecified atom stereocenters. The lowest BCUT2D eigenvalue weighted by molar-refractivity contribution is -0.119. The van der Waals surface area contributed by atoms with E-state index in [0.29, 0.717) is 12.3 Å². The van der Waals surface area contributed by atoms with Gasteiger partial charge in [-0.1, -0.05) is 29.8 Å². The Morgan fingerprint density at radius 3 is 2.87 bits per heavy atom. The first-order chi connectivity index (χ1) is 11.1. The number of ether oxygens (including phenoxy) is 2. The summed E-state index contributed by atoms with van der Waals surface area (Å²) in [5, 5.41) is 0. The molecule has 0 radical (unpaired) electrons. The van der Waals surface area contributed by atoms with Crippen molar-refractivity contribution >= 4 is 5.91 Å². The lowest BCUT2D eigenvalue weighted by Crippen LogP contribution is -2.24. The van der Waals surface area contributed by atoms with Crippen molar-refractivity contribution in [1.29, 1.82) is 0 Å². The Labute approximate surface area is 135 Å². The van der Waals surface area contributed by atoms with Crippen LogP contribution in [0, 0.1) is 6.92 Å². The third-order valence-electron chi connectivity index (χ3n) is 3.89. The molecule has 23 heavy (non-hydrogen) atoms. The van der Waals surface area contributed by atoms with Crippen LogP contribution in [-0.4, -0.2) is 25.2 Å². The first-order valence-corrected chi connectivity index (χ1v) is 7.59. The minimum atomic E-state index is -0.505. The molecule has 2 aromatic carbocycles. The summed E-state index contributed by atoms with van der Waals surface area (Å²) in [4.78, 5) is 11.0. The van der Waals surface area contributed by atoms with Gasteiger partial charge in [-0.2, -0.15) is 0 Å². The van der Waals surface area contributed by atoms with Gasteiger partial charge in [-0.05, 0) is 24.6 Å². The second kappa shape index (κ2) is 6.30. The fraction of sp³-hybridized carbons (Fsp3) is 0.278. The van der Waals surface area contributed by atoms with Gasteiger partial charge in [0.1, 0.15) is 17.6 Å². The molecule has 0 bridgehead atoms. The monoisotopic (exact) mass is 312 g/mol. The fourth-order valence-corrected chi connectivity index (χ4v) is 2.81. The Kier molecular flexibility index (Phi) is 4.21.